The minimum atomic E-state index is -4.57. The highest BCUT2D eigenvalue weighted by Crippen LogP contribution is 2.46. The van der Waals surface area contributed by atoms with Crippen LogP contribution in [0.2, 0.25) is 0 Å². The Labute approximate surface area is 199 Å². The topological polar surface area (TPSA) is 79.7 Å². The van der Waals surface area contributed by atoms with Gasteiger partial charge in [-0.05, 0) is 50.7 Å². The molecule has 2 aromatic rings. The van der Waals surface area contributed by atoms with E-state index in [1.807, 2.05) is 0 Å². The highest BCUT2D eigenvalue weighted by atomic mass is 32.1. The van der Waals surface area contributed by atoms with Crippen molar-refractivity contribution in [2.24, 2.45) is 0 Å². The number of esters is 1. The molecule has 1 aliphatic carbocycles. The lowest BCUT2D eigenvalue weighted by Crippen LogP contribution is -2.47. The second-order valence-electron chi connectivity index (χ2n) is 9.05. The van der Waals surface area contributed by atoms with Crippen LogP contribution in [-0.4, -0.2) is 45.7 Å². The number of thiazole rings is 1. The van der Waals surface area contributed by atoms with Crippen molar-refractivity contribution in [2.75, 3.05) is 6.54 Å². The average molecular weight is 497 g/mol. The highest BCUT2D eigenvalue weighted by Gasteiger charge is 2.43. The Kier molecular flexibility index (Phi) is 7.16. The van der Waals surface area contributed by atoms with Gasteiger partial charge in [0, 0.05) is 29.8 Å². The molecule has 2 fully saturated rings. The molecule has 1 saturated carbocycles. The van der Waals surface area contributed by atoms with Gasteiger partial charge in [-0.15, -0.1) is 11.3 Å². The fraction of sp³-hybridized carbons (Fsp3) is 0.542. The molecular weight excluding hydrogens is 469 g/mol. The van der Waals surface area contributed by atoms with Crippen LogP contribution in [0.4, 0.5) is 18.0 Å². The van der Waals surface area contributed by atoms with Gasteiger partial charge in [0.2, 0.25) is 0 Å². The minimum Gasteiger partial charge on any atom is -0.465 e. The van der Waals surface area contributed by atoms with Crippen molar-refractivity contribution in [3.8, 4) is 0 Å². The fourth-order valence-electron chi connectivity index (χ4n) is 5.06. The third-order valence-corrected chi connectivity index (χ3v) is 7.77. The van der Waals surface area contributed by atoms with Crippen molar-refractivity contribution >= 4 is 23.4 Å². The molecule has 3 unspecified atom stereocenters. The number of hydrogen-bond donors (Lipinski definition) is 1. The lowest BCUT2D eigenvalue weighted by molar-refractivity contribution is -0.138. The summed E-state index contributed by atoms with van der Waals surface area (Å²) in [5.74, 6) is -1.73. The van der Waals surface area contributed by atoms with E-state index in [2.05, 4.69) is 4.98 Å². The lowest BCUT2D eigenvalue weighted by Gasteiger charge is -2.41. The molecule has 3 atom stereocenters. The molecule has 184 valence electrons. The summed E-state index contributed by atoms with van der Waals surface area (Å²) in [4.78, 5) is 30.1. The molecule has 10 heteroatoms. The number of benzene rings is 1. The van der Waals surface area contributed by atoms with Crippen molar-refractivity contribution < 1.29 is 32.6 Å². The molecule has 1 aromatic carbocycles. The zero-order valence-electron chi connectivity index (χ0n) is 18.8. The van der Waals surface area contributed by atoms with Crippen LogP contribution in [0.15, 0.2) is 29.6 Å². The van der Waals surface area contributed by atoms with Crippen LogP contribution in [0, 0.1) is 0 Å². The van der Waals surface area contributed by atoms with Crippen LogP contribution >= 0.6 is 11.3 Å². The first-order chi connectivity index (χ1) is 16.1. The smallest absolute Gasteiger partial charge is 0.416 e. The van der Waals surface area contributed by atoms with E-state index >= 15 is 0 Å². The van der Waals surface area contributed by atoms with E-state index in [-0.39, 0.29) is 23.9 Å². The van der Waals surface area contributed by atoms with Gasteiger partial charge in [-0.25, -0.2) is 14.6 Å². The maximum Gasteiger partial charge on any atom is 0.416 e. The number of amides is 1. The summed E-state index contributed by atoms with van der Waals surface area (Å²) in [6.45, 7) is 1.65. The number of ether oxygens (including phenoxy) is 1. The Morgan fingerprint density at radius 2 is 1.85 bits per heavy atom. The molecule has 1 aromatic heterocycles. The first kappa shape index (κ1) is 24.5. The van der Waals surface area contributed by atoms with Gasteiger partial charge in [-0.2, -0.15) is 13.2 Å². The summed E-state index contributed by atoms with van der Waals surface area (Å²) in [5.41, 5.74) is -0.584. The minimum absolute atomic E-state index is 0.0414. The molecule has 2 heterocycles. The van der Waals surface area contributed by atoms with E-state index in [9.17, 15) is 27.9 Å². The molecule has 0 radical (unpaired) electrons. The third kappa shape index (κ3) is 5.21. The predicted molar refractivity (Wildman–Crippen MR) is 120 cm³/mol. The number of carboxylic acid groups (broad SMARTS) is 1. The first-order valence-corrected chi connectivity index (χ1v) is 12.3. The number of carbonyl (C=O) groups excluding carboxylic acids is 1. The second kappa shape index (κ2) is 9.93. The standard InChI is InChI=1S/C24H27F3N2O4S/c1-14-11-17(21-28-20(13-34-21)22(30)33-15-7-3-2-4-8-15)18(12-29(14)23(31)32)16-9-5-6-10-19(16)24(25,26)27/h5-6,9-10,13-15,17-18H,2-4,7-8,11-12H2,1H3,(H,31,32). The number of hydrogen-bond acceptors (Lipinski definition) is 5. The zero-order valence-corrected chi connectivity index (χ0v) is 19.6. The van der Waals surface area contributed by atoms with Crippen LogP contribution in [0.1, 0.15) is 83.9 Å². The van der Waals surface area contributed by atoms with E-state index in [4.69, 9.17) is 4.74 Å². The Hall–Kier alpha value is -2.62. The number of rotatable bonds is 4. The molecule has 1 amide bonds. The first-order valence-electron chi connectivity index (χ1n) is 11.5. The molecule has 0 spiro atoms. The van der Waals surface area contributed by atoms with Crippen LogP contribution in [0.25, 0.3) is 0 Å². The van der Waals surface area contributed by atoms with E-state index in [0.717, 1.165) is 38.2 Å². The number of nitrogens with zero attached hydrogens (tertiary/aromatic N) is 2. The van der Waals surface area contributed by atoms with Crippen LogP contribution in [-0.2, 0) is 10.9 Å². The molecule has 2 aliphatic rings. The van der Waals surface area contributed by atoms with Gasteiger partial charge in [0.05, 0.1) is 10.6 Å². The Bertz CT molecular complexity index is 1040. The average Bonchev–Trinajstić information content (AvgIpc) is 3.29. The lowest BCUT2D eigenvalue weighted by atomic mass is 9.77. The number of alkyl halides is 3. The summed E-state index contributed by atoms with van der Waals surface area (Å²) in [5, 5.41) is 11.7. The van der Waals surface area contributed by atoms with Gasteiger partial charge in [0.15, 0.2) is 5.69 Å². The number of piperidine rings is 1. The second-order valence-corrected chi connectivity index (χ2v) is 9.94. The van der Waals surface area contributed by atoms with E-state index in [1.54, 1.807) is 12.3 Å². The molecule has 6 nitrogen and oxygen atoms in total. The van der Waals surface area contributed by atoms with E-state index in [0.29, 0.717) is 11.4 Å². The maximum atomic E-state index is 13.8. The Morgan fingerprint density at radius 3 is 2.53 bits per heavy atom. The summed E-state index contributed by atoms with van der Waals surface area (Å²) in [6, 6.07) is 4.87. The summed E-state index contributed by atoms with van der Waals surface area (Å²) < 4.78 is 47.0. The van der Waals surface area contributed by atoms with Crippen molar-refractivity contribution in [1.82, 2.24) is 9.88 Å². The van der Waals surface area contributed by atoms with Crippen LogP contribution in [0.3, 0.4) is 0 Å². The van der Waals surface area contributed by atoms with Crippen LogP contribution in [0.5, 0.6) is 0 Å². The normalized spacial score (nSPS) is 24.1. The third-order valence-electron chi connectivity index (χ3n) is 6.79. The van der Waals surface area contributed by atoms with Crippen molar-refractivity contribution in [3.63, 3.8) is 0 Å². The van der Waals surface area contributed by atoms with Gasteiger partial charge in [-0.1, -0.05) is 24.6 Å². The van der Waals surface area contributed by atoms with E-state index < -0.39 is 41.7 Å². The van der Waals surface area contributed by atoms with Gasteiger partial charge in [0.1, 0.15) is 6.10 Å². The summed E-state index contributed by atoms with van der Waals surface area (Å²) in [6.07, 6.45) is -0.768. The number of aromatic nitrogens is 1. The quantitative estimate of drug-likeness (QED) is 0.503. The number of carbonyl (C=O) groups is 2. The van der Waals surface area contributed by atoms with E-state index in [1.165, 1.54) is 34.4 Å². The van der Waals surface area contributed by atoms with Gasteiger partial charge in [-0.3, -0.25) is 0 Å². The summed E-state index contributed by atoms with van der Waals surface area (Å²) >= 11 is 1.21. The van der Waals surface area contributed by atoms with Crippen molar-refractivity contribution in [3.05, 3.63) is 51.5 Å². The molecule has 4 rings (SSSR count). The largest absolute Gasteiger partial charge is 0.465 e. The molecule has 0 bridgehead atoms. The fourth-order valence-corrected chi connectivity index (χ4v) is 6.03. The predicted octanol–water partition coefficient (Wildman–Crippen LogP) is 6.29. The zero-order chi connectivity index (χ0) is 24.5. The van der Waals surface area contributed by atoms with Gasteiger partial charge < -0.3 is 14.7 Å². The van der Waals surface area contributed by atoms with Crippen molar-refractivity contribution in [2.45, 2.75) is 75.6 Å². The highest BCUT2D eigenvalue weighted by molar-refractivity contribution is 7.09. The molecule has 1 aliphatic heterocycles. The monoisotopic (exact) mass is 496 g/mol. The number of likely N-dealkylation sites (tertiary alicyclic amines) is 1. The molecule has 1 saturated heterocycles. The van der Waals surface area contributed by atoms with Crippen LogP contribution < -0.4 is 0 Å². The van der Waals surface area contributed by atoms with Gasteiger partial charge >= 0.3 is 18.2 Å². The maximum absolute atomic E-state index is 13.8. The number of halogens is 3. The summed E-state index contributed by atoms with van der Waals surface area (Å²) in [7, 11) is 0. The Morgan fingerprint density at radius 1 is 1.15 bits per heavy atom. The molecule has 34 heavy (non-hydrogen) atoms. The van der Waals surface area contributed by atoms with Gasteiger partial charge in [0.25, 0.3) is 0 Å². The van der Waals surface area contributed by atoms with Crippen molar-refractivity contribution in [1.29, 1.82) is 0 Å². The SMILES string of the molecule is CC1CC(c2nc(C(=O)OC3CCCCC3)cs2)C(c2ccccc2C(F)(F)F)CN1C(=O)O. The Balaban J connectivity index is 1.64. The molecular formula is C24H27F3N2O4S. The molecule has 1 N–H and O–H groups in total.